The second-order valence-electron chi connectivity index (χ2n) is 3.62. The van der Waals surface area contributed by atoms with Crippen LogP contribution in [0.5, 0.6) is 0 Å². The SMILES string of the molecule is NCC1CC(=O)N(c2cccnc2F)C1. The van der Waals surface area contributed by atoms with E-state index in [4.69, 9.17) is 5.73 Å². The fourth-order valence-corrected chi connectivity index (χ4v) is 1.75. The first-order valence-corrected chi connectivity index (χ1v) is 4.83. The molecule has 0 spiro atoms. The van der Waals surface area contributed by atoms with Crippen molar-refractivity contribution in [2.45, 2.75) is 6.42 Å². The van der Waals surface area contributed by atoms with Crippen LogP contribution >= 0.6 is 0 Å². The van der Waals surface area contributed by atoms with Crippen molar-refractivity contribution in [2.75, 3.05) is 18.0 Å². The van der Waals surface area contributed by atoms with Gasteiger partial charge in [0.2, 0.25) is 11.9 Å². The van der Waals surface area contributed by atoms with Crippen molar-refractivity contribution < 1.29 is 9.18 Å². The van der Waals surface area contributed by atoms with E-state index in [-0.39, 0.29) is 17.5 Å². The van der Waals surface area contributed by atoms with Crippen molar-refractivity contribution in [1.82, 2.24) is 4.98 Å². The third-order valence-corrected chi connectivity index (χ3v) is 2.57. The Kier molecular flexibility index (Phi) is 2.64. The number of hydrogen-bond acceptors (Lipinski definition) is 3. The predicted molar refractivity (Wildman–Crippen MR) is 53.7 cm³/mol. The average molecular weight is 209 g/mol. The zero-order valence-electron chi connectivity index (χ0n) is 8.19. The Morgan fingerprint density at radius 1 is 1.67 bits per heavy atom. The average Bonchev–Trinajstić information content (AvgIpc) is 2.60. The summed E-state index contributed by atoms with van der Waals surface area (Å²) in [7, 11) is 0. The van der Waals surface area contributed by atoms with Crippen molar-refractivity contribution >= 4 is 11.6 Å². The van der Waals surface area contributed by atoms with Crippen LogP contribution < -0.4 is 10.6 Å². The number of halogens is 1. The Morgan fingerprint density at radius 2 is 2.47 bits per heavy atom. The van der Waals surface area contributed by atoms with E-state index in [2.05, 4.69) is 4.98 Å². The third-order valence-electron chi connectivity index (χ3n) is 2.57. The molecular weight excluding hydrogens is 197 g/mol. The summed E-state index contributed by atoms with van der Waals surface area (Å²) in [5.74, 6) is -0.571. The molecule has 0 aliphatic carbocycles. The summed E-state index contributed by atoms with van der Waals surface area (Å²) in [6.07, 6.45) is 1.75. The topological polar surface area (TPSA) is 59.2 Å². The molecule has 5 heteroatoms. The first kappa shape index (κ1) is 10.0. The maximum absolute atomic E-state index is 13.3. The molecule has 1 fully saturated rings. The Balaban J connectivity index is 2.25. The second kappa shape index (κ2) is 3.94. The summed E-state index contributed by atoms with van der Waals surface area (Å²) < 4.78 is 13.3. The molecule has 1 unspecified atom stereocenters. The summed E-state index contributed by atoms with van der Waals surface area (Å²) >= 11 is 0. The highest BCUT2D eigenvalue weighted by atomic mass is 19.1. The van der Waals surface area contributed by atoms with Crippen LogP contribution in [0.1, 0.15) is 6.42 Å². The molecule has 0 bridgehead atoms. The largest absolute Gasteiger partial charge is 0.330 e. The standard InChI is InChI=1S/C10H12FN3O/c11-10-8(2-1-3-13-10)14-6-7(5-12)4-9(14)15/h1-3,7H,4-6,12H2. The van der Waals surface area contributed by atoms with E-state index in [9.17, 15) is 9.18 Å². The molecule has 1 atom stereocenters. The number of carbonyl (C=O) groups excluding carboxylic acids is 1. The fourth-order valence-electron chi connectivity index (χ4n) is 1.75. The number of rotatable bonds is 2. The Labute approximate surface area is 86.9 Å². The van der Waals surface area contributed by atoms with E-state index in [0.717, 1.165) is 0 Å². The fraction of sp³-hybridized carbons (Fsp3) is 0.400. The van der Waals surface area contributed by atoms with E-state index in [0.29, 0.717) is 19.5 Å². The van der Waals surface area contributed by atoms with Gasteiger partial charge in [0.25, 0.3) is 0 Å². The molecule has 1 aromatic heterocycles. The van der Waals surface area contributed by atoms with Crippen LogP contribution in [0.25, 0.3) is 0 Å². The molecule has 80 valence electrons. The minimum Gasteiger partial charge on any atom is -0.330 e. The van der Waals surface area contributed by atoms with Gasteiger partial charge in [0.05, 0.1) is 5.69 Å². The molecule has 2 heterocycles. The van der Waals surface area contributed by atoms with Crippen LogP contribution in [0.4, 0.5) is 10.1 Å². The molecule has 15 heavy (non-hydrogen) atoms. The molecule has 2 N–H and O–H groups in total. The van der Waals surface area contributed by atoms with Gasteiger partial charge in [0, 0.05) is 19.2 Å². The van der Waals surface area contributed by atoms with Gasteiger partial charge in [-0.25, -0.2) is 4.98 Å². The number of anilines is 1. The third kappa shape index (κ3) is 1.83. The first-order valence-electron chi connectivity index (χ1n) is 4.83. The number of nitrogens with two attached hydrogens (primary N) is 1. The van der Waals surface area contributed by atoms with E-state index in [1.807, 2.05) is 0 Å². The number of nitrogens with zero attached hydrogens (tertiary/aromatic N) is 2. The summed E-state index contributed by atoms with van der Waals surface area (Å²) in [6, 6.07) is 3.17. The smallest absolute Gasteiger partial charge is 0.236 e. The minimum absolute atomic E-state index is 0.0858. The van der Waals surface area contributed by atoms with Crippen molar-refractivity contribution in [3.8, 4) is 0 Å². The minimum atomic E-state index is -0.608. The van der Waals surface area contributed by atoms with Crippen LogP contribution in [0.2, 0.25) is 0 Å². The van der Waals surface area contributed by atoms with Crippen LogP contribution in [-0.2, 0) is 4.79 Å². The monoisotopic (exact) mass is 209 g/mol. The molecule has 0 saturated carbocycles. The zero-order chi connectivity index (χ0) is 10.8. The predicted octanol–water partition coefficient (Wildman–Crippen LogP) is 0.532. The summed E-state index contributed by atoms with van der Waals surface area (Å²) in [6.45, 7) is 0.933. The van der Waals surface area contributed by atoms with E-state index in [1.165, 1.54) is 11.1 Å². The van der Waals surface area contributed by atoms with Gasteiger partial charge in [0.1, 0.15) is 0 Å². The van der Waals surface area contributed by atoms with Crippen LogP contribution in [-0.4, -0.2) is 24.0 Å². The van der Waals surface area contributed by atoms with E-state index < -0.39 is 5.95 Å². The molecular formula is C10H12FN3O. The van der Waals surface area contributed by atoms with Gasteiger partial charge in [0.15, 0.2) is 0 Å². The lowest BCUT2D eigenvalue weighted by Gasteiger charge is -2.16. The van der Waals surface area contributed by atoms with E-state index >= 15 is 0 Å². The van der Waals surface area contributed by atoms with Crippen molar-refractivity contribution in [3.63, 3.8) is 0 Å². The number of pyridine rings is 1. The van der Waals surface area contributed by atoms with Crippen molar-refractivity contribution in [3.05, 3.63) is 24.3 Å². The second-order valence-corrected chi connectivity index (χ2v) is 3.62. The van der Waals surface area contributed by atoms with Crippen LogP contribution in [0.15, 0.2) is 18.3 Å². The summed E-state index contributed by atoms with van der Waals surface area (Å²) in [4.78, 5) is 16.5. The lowest BCUT2D eigenvalue weighted by Crippen LogP contribution is -2.26. The number of hydrogen-bond donors (Lipinski definition) is 1. The van der Waals surface area contributed by atoms with Crippen LogP contribution in [0.3, 0.4) is 0 Å². The highest BCUT2D eigenvalue weighted by Gasteiger charge is 2.31. The lowest BCUT2D eigenvalue weighted by molar-refractivity contribution is -0.117. The quantitative estimate of drug-likeness (QED) is 0.723. The number of aromatic nitrogens is 1. The lowest BCUT2D eigenvalue weighted by atomic mass is 10.1. The molecule has 1 aromatic rings. The normalized spacial score (nSPS) is 21.1. The van der Waals surface area contributed by atoms with Gasteiger partial charge in [-0.15, -0.1) is 0 Å². The summed E-state index contributed by atoms with van der Waals surface area (Å²) in [5.41, 5.74) is 5.73. The van der Waals surface area contributed by atoms with Crippen molar-refractivity contribution in [1.29, 1.82) is 0 Å². The van der Waals surface area contributed by atoms with Gasteiger partial charge in [-0.2, -0.15) is 4.39 Å². The summed E-state index contributed by atoms with van der Waals surface area (Å²) in [5, 5.41) is 0. The van der Waals surface area contributed by atoms with Gasteiger partial charge in [-0.05, 0) is 24.6 Å². The zero-order valence-corrected chi connectivity index (χ0v) is 8.19. The molecule has 1 aliphatic heterocycles. The Morgan fingerprint density at radius 3 is 3.07 bits per heavy atom. The van der Waals surface area contributed by atoms with Gasteiger partial charge in [-0.3, -0.25) is 4.79 Å². The molecule has 1 amide bonds. The van der Waals surface area contributed by atoms with Gasteiger partial charge < -0.3 is 10.6 Å². The maximum Gasteiger partial charge on any atom is 0.236 e. The van der Waals surface area contributed by atoms with E-state index in [1.54, 1.807) is 12.1 Å². The van der Waals surface area contributed by atoms with Crippen LogP contribution in [0, 0.1) is 11.9 Å². The maximum atomic E-state index is 13.3. The molecule has 0 radical (unpaired) electrons. The molecule has 0 aromatic carbocycles. The molecule has 2 rings (SSSR count). The number of amides is 1. The van der Waals surface area contributed by atoms with Gasteiger partial charge in [-0.1, -0.05) is 0 Å². The highest BCUT2D eigenvalue weighted by molar-refractivity contribution is 5.95. The van der Waals surface area contributed by atoms with Crippen molar-refractivity contribution in [2.24, 2.45) is 11.7 Å². The molecule has 4 nitrogen and oxygen atoms in total. The Hall–Kier alpha value is -1.49. The molecule has 1 saturated heterocycles. The number of carbonyl (C=O) groups is 1. The first-order chi connectivity index (χ1) is 7.22. The Bertz CT molecular complexity index is 383. The van der Waals surface area contributed by atoms with Gasteiger partial charge >= 0.3 is 0 Å². The molecule has 1 aliphatic rings. The highest BCUT2D eigenvalue weighted by Crippen LogP contribution is 2.25.